The molecule has 0 bridgehead atoms. The maximum Gasteiger partial charge on any atom is 0.317 e. The Morgan fingerprint density at radius 3 is 2.47 bits per heavy atom. The molecule has 3 amide bonds. The van der Waals surface area contributed by atoms with Crippen molar-refractivity contribution in [3.05, 3.63) is 58.7 Å². The van der Waals surface area contributed by atoms with E-state index in [4.69, 9.17) is 5.41 Å². The quantitative estimate of drug-likeness (QED) is 0.126. The van der Waals surface area contributed by atoms with Crippen molar-refractivity contribution in [1.29, 1.82) is 5.41 Å². The van der Waals surface area contributed by atoms with Gasteiger partial charge in [-0.15, -0.1) is 11.3 Å². The van der Waals surface area contributed by atoms with Crippen LogP contribution in [0.15, 0.2) is 53.7 Å². The topological polar surface area (TPSA) is 132 Å². The minimum atomic E-state index is -3.49. The van der Waals surface area contributed by atoms with Gasteiger partial charge in [0.25, 0.3) is 11.8 Å². The number of alkyl halides is 2. The van der Waals surface area contributed by atoms with Crippen LogP contribution in [-0.2, 0) is 4.79 Å². The number of nitrogens with zero attached hydrogens (tertiary/aromatic N) is 2. The summed E-state index contributed by atoms with van der Waals surface area (Å²) >= 11 is 1.31. The van der Waals surface area contributed by atoms with E-state index in [9.17, 15) is 23.2 Å². The highest BCUT2D eigenvalue weighted by Crippen LogP contribution is 2.23. The van der Waals surface area contributed by atoms with Crippen LogP contribution in [0.5, 0.6) is 0 Å². The molecule has 1 aliphatic heterocycles. The van der Waals surface area contributed by atoms with Crippen molar-refractivity contribution in [2.75, 3.05) is 26.2 Å². The van der Waals surface area contributed by atoms with Crippen molar-refractivity contribution >= 4 is 40.5 Å². The normalized spacial score (nSPS) is 14.9. The van der Waals surface area contributed by atoms with Crippen molar-refractivity contribution in [3.8, 4) is 0 Å². The molecule has 0 aliphatic carbocycles. The lowest BCUT2D eigenvalue weighted by atomic mass is 9.93. The summed E-state index contributed by atoms with van der Waals surface area (Å²) in [6, 6.07) is 8.49. The molecule has 1 fully saturated rings. The van der Waals surface area contributed by atoms with E-state index in [1.54, 1.807) is 46.8 Å². The molecule has 12 heteroatoms. The van der Waals surface area contributed by atoms with Crippen LogP contribution in [0, 0.1) is 11.3 Å². The summed E-state index contributed by atoms with van der Waals surface area (Å²) in [5.41, 5.74) is -0.851. The van der Waals surface area contributed by atoms with Gasteiger partial charge in [-0.25, -0.2) is 9.78 Å². The Kier molecular flexibility index (Phi) is 9.37. The molecule has 1 saturated heterocycles. The lowest BCUT2D eigenvalue weighted by Gasteiger charge is -2.31. The zero-order valence-corrected chi connectivity index (χ0v) is 20.6. The standard InChI is InChI=1S/C24H28F2N6O3S/c1-24(25,26)20(27)18(15-31-17-5-3-2-4-6-17)21(34)28-9-10-30-23(35)32-12-7-16(8-13-32)19(33)22-29-11-14-36-22/h2-6,11,14-16,27,31H,7-10,12-13H2,1H3,(H,28,34)(H,30,35)/p+1/b18-15+,27-20?. The Bertz CT molecular complexity index is 1090. The highest BCUT2D eigenvalue weighted by atomic mass is 32.1. The molecule has 1 aromatic carbocycles. The fourth-order valence-corrected chi connectivity index (χ4v) is 4.32. The number of halogens is 2. The van der Waals surface area contributed by atoms with Gasteiger partial charge in [-0.3, -0.25) is 20.3 Å². The van der Waals surface area contributed by atoms with Gasteiger partial charge in [-0.2, -0.15) is 8.78 Å². The number of hydrogen-bond acceptors (Lipinski definition) is 6. The lowest BCUT2D eigenvalue weighted by molar-refractivity contribution is -0.496. The Balaban J connectivity index is 1.45. The third-order valence-corrected chi connectivity index (χ3v) is 6.47. The Labute approximate surface area is 211 Å². The summed E-state index contributed by atoms with van der Waals surface area (Å²) in [4.78, 5) is 43.1. The molecular weight excluding hydrogens is 490 g/mol. The van der Waals surface area contributed by atoms with Gasteiger partial charge < -0.3 is 15.5 Å². The number of Topliss-reactive ketones (excluding diaryl/α,β-unsaturated/α-hetero) is 1. The second-order valence-electron chi connectivity index (χ2n) is 8.37. The smallest absolute Gasteiger partial charge is 0.317 e. The number of hydrogen-bond donors (Lipinski definition) is 4. The number of likely N-dealkylation sites (tertiary alicyclic amines) is 1. The minimum absolute atomic E-state index is 0.00404. The molecule has 192 valence electrons. The van der Waals surface area contributed by atoms with E-state index in [1.807, 2.05) is 0 Å². The van der Waals surface area contributed by atoms with Gasteiger partial charge in [0, 0.05) is 50.6 Å². The number of carbonyl (C=O) groups excluding carboxylic acids is 3. The zero-order valence-electron chi connectivity index (χ0n) is 19.8. The number of quaternary nitrogens is 1. The van der Waals surface area contributed by atoms with Crippen LogP contribution >= 0.6 is 11.3 Å². The average Bonchev–Trinajstić information content (AvgIpc) is 3.41. The average molecular weight is 520 g/mol. The molecule has 9 nitrogen and oxygen atoms in total. The van der Waals surface area contributed by atoms with E-state index in [-0.39, 0.29) is 30.8 Å². The first-order valence-corrected chi connectivity index (χ1v) is 12.4. The number of benzene rings is 1. The van der Waals surface area contributed by atoms with Crippen molar-refractivity contribution < 1.29 is 28.5 Å². The number of aromatic nitrogens is 1. The first-order valence-electron chi connectivity index (χ1n) is 11.5. The summed E-state index contributed by atoms with van der Waals surface area (Å²) in [7, 11) is 0. The SMILES string of the molecule is CC(F)(F)C(=N)/C(=C\[NH2+]c1ccccc1)C(=O)NCCNC(=O)N1CCC(C(=O)c2nccs2)CC1. The van der Waals surface area contributed by atoms with Crippen LogP contribution in [-0.4, -0.2) is 65.4 Å². The van der Waals surface area contributed by atoms with Crippen molar-refractivity contribution in [2.45, 2.75) is 25.7 Å². The summed E-state index contributed by atoms with van der Waals surface area (Å²) < 4.78 is 27.5. The third-order valence-electron chi connectivity index (χ3n) is 5.68. The number of urea groups is 1. The first kappa shape index (κ1) is 27.1. The molecule has 2 heterocycles. The van der Waals surface area contributed by atoms with Crippen LogP contribution in [0.25, 0.3) is 0 Å². The third kappa shape index (κ3) is 7.49. The van der Waals surface area contributed by atoms with E-state index in [0.29, 0.717) is 43.5 Å². The van der Waals surface area contributed by atoms with Crippen LogP contribution in [0.2, 0.25) is 0 Å². The van der Waals surface area contributed by atoms with Gasteiger partial charge in [0.2, 0.25) is 0 Å². The van der Waals surface area contributed by atoms with E-state index in [1.165, 1.54) is 22.9 Å². The predicted molar refractivity (Wildman–Crippen MR) is 132 cm³/mol. The number of ketones is 1. The van der Waals surface area contributed by atoms with Gasteiger partial charge in [-0.05, 0) is 25.0 Å². The summed E-state index contributed by atoms with van der Waals surface area (Å²) in [5, 5.41) is 16.7. The minimum Gasteiger partial charge on any atom is -0.350 e. The second kappa shape index (κ2) is 12.5. The molecule has 3 rings (SSSR count). The number of amides is 3. The Morgan fingerprint density at radius 1 is 1.19 bits per heavy atom. The summed E-state index contributed by atoms with van der Waals surface area (Å²) in [5.74, 6) is -4.48. The second-order valence-corrected chi connectivity index (χ2v) is 9.27. The van der Waals surface area contributed by atoms with Crippen molar-refractivity contribution in [3.63, 3.8) is 0 Å². The molecular formula is C24H29F2N6O3S+. The van der Waals surface area contributed by atoms with Crippen LogP contribution in [0.1, 0.15) is 29.6 Å². The molecule has 0 saturated carbocycles. The van der Waals surface area contributed by atoms with Gasteiger partial charge in [-0.1, -0.05) is 18.2 Å². The molecule has 0 atom stereocenters. The monoisotopic (exact) mass is 519 g/mol. The highest BCUT2D eigenvalue weighted by molar-refractivity contribution is 7.11. The number of nitrogens with one attached hydrogen (secondary N) is 3. The Hall–Kier alpha value is -3.51. The number of carbonyl (C=O) groups is 3. The molecule has 2 aromatic rings. The van der Waals surface area contributed by atoms with Gasteiger partial charge in [0.15, 0.2) is 10.8 Å². The fourth-order valence-electron chi connectivity index (χ4n) is 3.67. The van der Waals surface area contributed by atoms with E-state index >= 15 is 0 Å². The Morgan fingerprint density at radius 2 is 1.86 bits per heavy atom. The summed E-state index contributed by atoms with van der Waals surface area (Å²) in [6.45, 7) is 1.48. The highest BCUT2D eigenvalue weighted by Gasteiger charge is 2.35. The number of piperidine rings is 1. The van der Waals surface area contributed by atoms with Gasteiger partial charge in [0.1, 0.15) is 23.2 Å². The van der Waals surface area contributed by atoms with Crippen LogP contribution in [0.3, 0.4) is 0 Å². The van der Waals surface area contributed by atoms with E-state index < -0.39 is 23.1 Å². The molecule has 0 radical (unpaired) electrons. The molecule has 0 spiro atoms. The molecule has 36 heavy (non-hydrogen) atoms. The molecule has 5 N–H and O–H groups in total. The zero-order chi connectivity index (χ0) is 26.1. The molecule has 1 aromatic heterocycles. The van der Waals surface area contributed by atoms with E-state index in [2.05, 4.69) is 15.6 Å². The van der Waals surface area contributed by atoms with Crippen molar-refractivity contribution in [1.82, 2.24) is 20.5 Å². The van der Waals surface area contributed by atoms with Crippen molar-refractivity contribution in [2.24, 2.45) is 5.92 Å². The summed E-state index contributed by atoms with van der Waals surface area (Å²) in [6.07, 6.45) is 3.88. The number of nitrogens with two attached hydrogens (primary N) is 1. The maximum atomic E-state index is 13.8. The number of rotatable bonds is 10. The van der Waals surface area contributed by atoms with Gasteiger partial charge >= 0.3 is 6.03 Å². The molecule has 0 unspecified atom stereocenters. The molecule has 1 aliphatic rings. The first-order chi connectivity index (χ1) is 17.2. The number of thiazole rings is 1. The fraction of sp³-hybridized carbons (Fsp3) is 0.375. The van der Waals surface area contributed by atoms with Crippen LogP contribution < -0.4 is 16.0 Å². The largest absolute Gasteiger partial charge is 0.350 e. The van der Waals surface area contributed by atoms with Crippen LogP contribution in [0.4, 0.5) is 19.3 Å². The maximum absolute atomic E-state index is 13.8. The number of para-hydroxylation sites is 1. The van der Waals surface area contributed by atoms with E-state index in [0.717, 1.165) is 0 Å². The predicted octanol–water partition coefficient (Wildman–Crippen LogP) is 2.32. The lowest BCUT2D eigenvalue weighted by Crippen LogP contribution is -2.72. The van der Waals surface area contributed by atoms with Gasteiger partial charge in [0.05, 0.1) is 0 Å².